The van der Waals surface area contributed by atoms with Gasteiger partial charge in [0, 0.05) is 58.1 Å². The molecule has 0 spiro atoms. The molecule has 2 atom stereocenters. The van der Waals surface area contributed by atoms with Gasteiger partial charge in [-0.25, -0.2) is 9.18 Å². The SMILES string of the molecule is CO/N=C(\C(=O)C[C@@H]1C(=O)N2C(C(=O)O)=C(C[n+]3ccc4ccn(Cc5ccc(C(=N)N)cc5F)c4c3)CS[C@H]12)c1nsc(N)n1. The van der Waals surface area contributed by atoms with Gasteiger partial charge >= 0.3 is 5.97 Å². The lowest BCUT2D eigenvalue weighted by atomic mass is 9.89. The average Bonchev–Trinajstić information content (AvgIpc) is 3.64. The van der Waals surface area contributed by atoms with Crippen molar-refractivity contribution < 1.29 is 33.3 Å². The van der Waals surface area contributed by atoms with Crippen LogP contribution in [-0.4, -0.2) is 71.4 Å². The number of benzene rings is 1. The van der Waals surface area contributed by atoms with Crippen molar-refractivity contribution in [3.63, 3.8) is 0 Å². The van der Waals surface area contributed by atoms with Crippen LogP contribution in [0.3, 0.4) is 0 Å². The maximum absolute atomic E-state index is 14.8. The number of Topliss-reactive ketones (excluding diaryl/α,β-unsaturated/α-hetero) is 1. The first-order chi connectivity index (χ1) is 22.0. The molecule has 2 aliphatic rings. The summed E-state index contributed by atoms with van der Waals surface area (Å²) in [4.78, 5) is 48.9. The van der Waals surface area contributed by atoms with Gasteiger partial charge in [-0.15, -0.1) is 11.8 Å². The highest BCUT2D eigenvalue weighted by atomic mass is 32.2. The largest absolute Gasteiger partial charge is 0.477 e. The van der Waals surface area contributed by atoms with Crippen molar-refractivity contribution >= 4 is 68.5 Å². The Hall–Kier alpha value is -5.16. The number of carboxylic acid groups (broad SMARTS) is 1. The number of thioether (sulfide) groups is 1. The molecule has 0 bridgehead atoms. The van der Waals surface area contributed by atoms with E-state index >= 15 is 0 Å². The number of amides is 1. The second kappa shape index (κ2) is 12.3. The molecule has 6 rings (SSSR count). The number of halogens is 1. The number of oxime groups is 1. The van der Waals surface area contributed by atoms with Gasteiger partial charge in [-0.3, -0.25) is 19.9 Å². The third-order valence-corrected chi connectivity index (χ3v) is 9.66. The number of carbonyl (C=O) groups is 3. The lowest BCUT2D eigenvalue weighted by molar-refractivity contribution is -0.687. The first kappa shape index (κ1) is 30.8. The first-order valence-corrected chi connectivity index (χ1v) is 15.6. The Balaban J connectivity index is 1.21. The van der Waals surface area contributed by atoms with Gasteiger partial charge in [-0.2, -0.15) is 13.9 Å². The molecule has 46 heavy (non-hydrogen) atoms. The Morgan fingerprint density at radius 2 is 2.11 bits per heavy atom. The summed E-state index contributed by atoms with van der Waals surface area (Å²) >= 11 is 2.27. The maximum Gasteiger partial charge on any atom is 0.352 e. The standard InChI is InChI=1S/C29H26FN9O5S2/c1-44-35-22(25-34-29(33)46-36-25)21(40)9-18-26(41)39-23(28(42)43)17(13-45-27(18)39)10-37-6-4-14-5-7-38(20(14)12-37)11-16-3-2-15(24(31)32)8-19(16)30/h2-8,12,18,27H,9-11,13H2,1H3,(H5-,31,32,33,34,36,42,43)/p+1/b35-22+/t18-,27-/m1/s1. The summed E-state index contributed by atoms with van der Waals surface area (Å²) in [6, 6.07) is 8.19. The Kier molecular flexibility index (Phi) is 8.26. The molecule has 0 saturated carbocycles. The van der Waals surface area contributed by atoms with Crippen molar-refractivity contribution in [2.75, 3.05) is 18.6 Å². The third kappa shape index (κ3) is 5.69. The predicted molar refractivity (Wildman–Crippen MR) is 167 cm³/mol. The molecule has 1 saturated heterocycles. The van der Waals surface area contributed by atoms with E-state index in [0.717, 1.165) is 22.4 Å². The van der Waals surface area contributed by atoms with Gasteiger partial charge < -0.3 is 26.0 Å². The lowest BCUT2D eigenvalue weighted by Gasteiger charge is -2.49. The second-order valence-electron chi connectivity index (χ2n) is 10.6. The molecular weight excluding hydrogens is 638 g/mol. The summed E-state index contributed by atoms with van der Waals surface area (Å²) in [7, 11) is 1.27. The van der Waals surface area contributed by atoms with Gasteiger partial charge in [0.15, 0.2) is 35.6 Å². The first-order valence-electron chi connectivity index (χ1n) is 13.8. The highest BCUT2D eigenvalue weighted by Crippen LogP contribution is 2.45. The zero-order valence-electron chi connectivity index (χ0n) is 24.2. The molecule has 3 aromatic heterocycles. The van der Waals surface area contributed by atoms with E-state index in [4.69, 9.17) is 21.7 Å². The smallest absolute Gasteiger partial charge is 0.352 e. The summed E-state index contributed by atoms with van der Waals surface area (Å²) in [5, 5.41) is 21.9. The molecule has 236 valence electrons. The van der Waals surface area contributed by atoms with Gasteiger partial charge in [0.25, 0.3) is 0 Å². The minimum atomic E-state index is -1.24. The average molecular weight is 665 g/mol. The molecule has 0 unspecified atom stereocenters. The Bertz CT molecular complexity index is 1990. The number of aromatic nitrogens is 4. The fraction of sp³-hybridized carbons (Fsp3) is 0.241. The zero-order valence-corrected chi connectivity index (χ0v) is 25.8. The van der Waals surface area contributed by atoms with Gasteiger partial charge in [0.2, 0.25) is 11.7 Å². The van der Waals surface area contributed by atoms with Gasteiger partial charge in [0.05, 0.1) is 17.8 Å². The molecule has 0 aliphatic carbocycles. The van der Waals surface area contributed by atoms with Crippen LogP contribution in [0.25, 0.3) is 10.9 Å². The molecule has 1 aromatic carbocycles. The minimum absolute atomic E-state index is 0.00107. The van der Waals surface area contributed by atoms with Crippen molar-refractivity contribution in [2.45, 2.75) is 24.9 Å². The molecule has 1 fully saturated rings. The number of aliphatic carboxylic acids is 1. The van der Waals surface area contributed by atoms with E-state index in [-0.39, 0.29) is 47.7 Å². The lowest BCUT2D eigenvalue weighted by Crippen LogP contribution is -2.62. The normalized spacial score (nSPS) is 18.0. The number of hydrogen-bond donors (Lipinski definition) is 4. The molecule has 17 heteroatoms. The van der Waals surface area contributed by atoms with E-state index in [9.17, 15) is 23.9 Å². The van der Waals surface area contributed by atoms with E-state index in [1.54, 1.807) is 12.1 Å². The van der Waals surface area contributed by atoms with Crippen LogP contribution >= 0.6 is 23.3 Å². The van der Waals surface area contributed by atoms with Crippen LogP contribution in [0.1, 0.15) is 23.4 Å². The molecule has 1 amide bonds. The van der Waals surface area contributed by atoms with Crippen molar-refractivity contribution in [2.24, 2.45) is 16.8 Å². The summed E-state index contributed by atoms with van der Waals surface area (Å²) < 4.78 is 22.4. The number of carbonyl (C=O) groups excluding carboxylic acids is 2. The Morgan fingerprint density at radius 3 is 2.78 bits per heavy atom. The number of amidine groups is 1. The summed E-state index contributed by atoms with van der Waals surface area (Å²) in [5.41, 5.74) is 12.9. The number of carboxylic acids is 1. The molecule has 2 aliphatic heterocycles. The fourth-order valence-corrected chi connectivity index (χ4v) is 7.36. The fourth-order valence-electron chi connectivity index (χ4n) is 5.53. The quantitative estimate of drug-likeness (QED) is 0.0600. The van der Waals surface area contributed by atoms with Crippen molar-refractivity contribution in [3.8, 4) is 0 Å². The van der Waals surface area contributed by atoms with Crippen LogP contribution in [0.2, 0.25) is 0 Å². The van der Waals surface area contributed by atoms with E-state index < -0.39 is 34.8 Å². The van der Waals surface area contributed by atoms with Crippen LogP contribution in [0.4, 0.5) is 9.52 Å². The van der Waals surface area contributed by atoms with E-state index in [2.05, 4.69) is 14.5 Å². The number of hydrogen-bond acceptors (Lipinski definition) is 11. The summed E-state index contributed by atoms with van der Waals surface area (Å²) in [5.74, 6) is -3.37. The molecule has 14 nitrogen and oxygen atoms in total. The number of nitrogens with zero attached hydrogens (tertiary/aromatic N) is 6. The van der Waals surface area contributed by atoms with Crippen molar-refractivity contribution in [3.05, 3.63) is 83.0 Å². The number of fused-ring (bicyclic) bond motifs is 2. The molecule has 5 heterocycles. The van der Waals surface area contributed by atoms with Crippen LogP contribution in [0.5, 0.6) is 0 Å². The Morgan fingerprint density at radius 1 is 1.30 bits per heavy atom. The highest BCUT2D eigenvalue weighted by Gasteiger charge is 2.54. The number of nitrogen functional groups attached to an aromatic ring is 2. The van der Waals surface area contributed by atoms with Gasteiger partial charge in [-0.1, -0.05) is 17.3 Å². The van der Waals surface area contributed by atoms with E-state index in [0.29, 0.717) is 22.5 Å². The van der Waals surface area contributed by atoms with Crippen LogP contribution in [0.15, 0.2) is 65.3 Å². The molecular formula is C29H27FN9O5S2+. The van der Waals surface area contributed by atoms with E-state index in [1.165, 1.54) is 29.8 Å². The minimum Gasteiger partial charge on any atom is -0.477 e. The van der Waals surface area contributed by atoms with E-state index in [1.807, 2.05) is 39.9 Å². The topological polar surface area (TPSA) is 207 Å². The molecule has 6 N–H and O–H groups in total. The summed E-state index contributed by atoms with van der Waals surface area (Å²) in [6.07, 6.45) is 5.26. The maximum atomic E-state index is 14.8. The molecule has 4 aromatic rings. The van der Waals surface area contributed by atoms with Gasteiger partial charge in [0.1, 0.15) is 30.0 Å². The predicted octanol–water partition coefficient (Wildman–Crippen LogP) is 1.71. The monoisotopic (exact) mass is 664 g/mol. The number of pyridine rings is 1. The van der Waals surface area contributed by atoms with Crippen molar-refractivity contribution in [1.29, 1.82) is 5.41 Å². The zero-order chi connectivity index (χ0) is 32.7. The van der Waals surface area contributed by atoms with Crippen LogP contribution in [0, 0.1) is 17.1 Å². The van der Waals surface area contributed by atoms with Gasteiger partial charge in [-0.05, 0) is 12.1 Å². The third-order valence-electron chi connectivity index (χ3n) is 7.72. The second-order valence-corrected chi connectivity index (χ2v) is 12.5. The molecule has 0 radical (unpaired) electrons. The van der Waals surface area contributed by atoms with Crippen LogP contribution in [-0.2, 0) is 32.3 Å². The summed E-state index contributed by atoms with van der Waals surface area (Å²) in [6.45, 7) is 0.419. The highest BCUT2D eigenvalue weighted by molar-refractivity contribution is 8.00. The number of anilines is 1. The van der Waals surface area contributed by atoms with Crippen LogP contribution < -0.4 is 16.0 Å². The Labute approximate surface area is 268 Å². The number of nitrogens with one attached hydrogen (secondary N) is 1. The number of nitrogens with two attached hydrogens (primary N) is 2. The number of β-lactam (4-membered cyclic amide) rings is 1. The van der Waals surface area contributed by atoms with Crippen molar-refractivity contribution in [1.82, 2.24) is 18.8 Å². The number of rotatable bonds is 11. The number of ketones is 1.